The van der Waals surface area contributed by atoms with Crippen LogP contribution in [-0.2, 0) is 5.88 Å². The monoisotopic (exact) mass is 212 g/mol. The fourth-order valence-corrected chi connectivity index (χ4v) is 2.67. The smallest absolute Gasteiger partial charge is 0.127 e. The van der Waals surface area contributed by atoms with E-state index in [9.17, 15) is 0 Å². The Labute approximate surface area is 85.9 Å². The van der Waals surface area contributed by atoms with E-state index in [0.29, 0.717) is 5.88 Å². The predicted octanol–water partition coefficient (Wildman–Crippen LogP) is 3.65. The van der Waals surface area contributed by atoms with Gasteiger partial charge in [0.15, 0.2) is 0 Å². The van der Waals surface area contributed by atoms with Crippen molar-refractivity contribution in [3.05, 3.63) is 29.1 Å². The van der Waals surface area contributed by atoms with Crippen molar-refractivity contribution in [1.29, 1.82) is 0 Å². The number of fused-ring (bicyclic) bond motifs is 1. The lowest BCUT2D eigenvalue weighted by atomic mass is 10.2. The highest BCUT2D eigenvalue weighted by Crippen LogP contribution is 2.34. The van der Waals surface area contributed by atoms with Crippen LogP contribution in [0.25, 0.3) is 10.1 Å². The molecule has 0 bridgehead atoms. The molecule has 13 heavy (non-hydrogen) atoms. The molecule has 2 rings (SSSR count). The predicted molar refractivity (Wildman–Crippen MR) is 57.9 cm³/mol. The summed E-state index contributed by atoms with van der Waals surface area (Å²) in [6.07, 6.45) is 0. The van der Waals surface area contributed by atoms with Gasteiger partial charge in [-0.3, -0.25) is 0 Å². The van der Waals surface area contributed by atoms with E-state index in [1.54, 1.807) is 18.4 Å². The average molecular weight is 213 g/mol. The van der Waals surface area contributed by atoms with Gasteiger partial charge in [-0.1, -0.05) is 6.07 Å². The number of thiophene rings is 1. The van der Waals surface area contributed by atoms with Crippen molar-refractivity contribution >= 4 is 33.0 Å². The van der Waals surface area contributed by atoms with Crippen LogP contribution >= 0.6 is 22.9 Å². The van der Waals surface area contributed by atoms with Gasteiger partial charge >= 0.3 is 0 Å². The molecule has 0 saturated carbocycles. The zero-order valence-electron chi connectivity index (χ0n) is 7.21. The van der Waals surface area contributed by atoms with Crippen molar-refractivity contribution in [3.8, 4) is 5.75 Å². The zero-order valence-corrected chi connectivity index (χ0v) is 8.78. The Morgan fingerprint density at radius 1 is 1.46 bits per heavy atom. The highest BCUT2D eigenvalue weighted by atomic mass is 35.5. The number of rotatable bonds is 2. The molecule has 0 N–H and O–H groups in total. The molecule has 0 aliphatic rings. The van der Waals surface area contributed by atoms with Gasteiger partial charge in [0.05, 0.1) is 7.11 Å². The summed E-state index contributed by atoms with van der Waals surface area (Å²) >= 11 is 7.53. The van der Waals surface area contributed by atoms with E-state index in [-0.39, 0.29) is 0 Å². The lowest BCUT2D eigenvalue weighted by molar-refractivity contribution is 0.419. The van der Waals surface area contributed by atoms with Crippen LogP contribution in [0.4, 0.5) is 0 Å². The van der Waals surface area contributed by atoms with Crippen molar-refractivity contribution in [2.24, 2.45) is 0 Å². The maximum atomic E-state index is 5.83. The summed E-state index contributed by atoms with van der Waals surface area (Å²) in [4.78, 5) is 0. The van der Waals surface area contributed by atoms with E-state index in [4.69, 9.17) is 16.3 Å². The fourth-order valence-electron chi connectivity index (χ4n) is 1.39. The molecule has 3 heteroatoms. The third-order valence-corrected chi connectivity index (χ3v) is 3.29. The van der Waals surface area contributed by atoms with E-state index in [1.807, 2.05) is 12.1 Å². The van der Waals surface area contributed by atoms with Crippen LogP contribution in [0, 0.1) is 0 Å². The molecule has 0 aliphatic carbocycles. The van der Waals surface area contributed by atoms with Gasteiger partial charge in [0.2, 0.25) is 0 Å². The van der Waals surface area contributed by atoms with Crippen LogP contribution in [0.5, 0.6) is 5.75 Å². The minimum atomic E-state index is 0.542. The summed E-state index contributed by atoms with van der Waals surface area (Å²) in [7, 11) is 1.68. The molecule has 68 valence electrons. The third kappa shape index (κ3) is 1.40. The molecule has 1 nitrogen and oxygen atoms in total. The minimum absolute atomic E-state index is 0.542. The van der Waals surface area contributed by atoms with Crippen LogP contribution < -0.4 is 4.74 Å². The Kier molecular flexibility index (Phi) is 2.42. The fraction of sp³-hybridized carbons (Fsp3) is 0.200. The number of hydrogen-bond donors (Lipinski definition) is 0. The van der Waals surface area contributed by atoms with Gasteiger partial charge < -0.3 is 4.74 Å². The van der Waals surface area contributed by atoms with Crippen LogP contribution in [-0.4, -0.2) is 7.11 Å². The second-order valence-corrected chi connectivity index (χ2v) is 3.91. The van der Waals surface area contributed by atoms with E-state index in [2.05, 4.69) is 11.4 Å². The molecular weight excluding hydrogens is 204 g/mol. The van der Waals surface area contributed by atoms with Crippen LogP contribution in [0.15, 0.2) is 23.6 Å². The van der Waals surface area contributed by atoms with Gasteiger partial charge in [0, 0.05) is 16.0 Å². The summed E-state index contributed by atoms with van der Waals surface area (Å²) in [6, 6.07) is 6.04. The lowest BCUT2D eigenvalue weighted by Gasteiger charge is -2.02. The largest absolute Gasteiger partial charge is 0.496 e. The van der Waals surface area contributed by atoms with E-state index >= 15 is 0 Å². The maximum Gasteiger partial charge on any atom is 0.127 e. The zero-order chi connectivity index (χ0) is 9.26. The highest BCUT2D eigenvalue weighted by Gasteiger charge is 2.07. The number of hydrogen-bond acceptors (Lipinski definition) is 2. The molecule has 0 fully saturated rings. The molecule has 0 unspecified atom stereocenters. The first-order chi connectivity index (χ1) is 6.36. The van der Waals surface area contributed by atoms with Crippen molar-refractivity contribution in [2.75, 3.05) is 7.11 Å². The molecule has 0 saturated heterocycles. The number of methoxy groups -OCH3 is 1. The summed E-state index contributed by atoms with van der Waals surface area (Å²) in [6.45, 7) is 0. The number of benzene rings is 1. The molecule has 0 radical (unpaired) electrons. The molecule has 1 heterocycles. The normalized spacial score (nSPS) is 10.6. The topological polar surface area (TPSA) is 9.23 Å². The second kappa shape index (κ2) is 3.56. The molecule has 0 aliphatic heterocycles. The minimum Gasteiger partial charge on any atom is -0.496 e. The first-order valence-electron chi connectivity index (χ1n) is 3.96. The van der Waals surface area contributed by atoms with Crippen molar-refractivity contribution in [2.45, 2.75) is 5.88 Å². The molecular formula is C10H9ClOS. The number of ether oxygens (including phenoxy) is 1. The summed E-state index contributed by atoms with van der Waals surface area (Å²) < 4.78 is 6.51. The van der Waals surface area contributed by atoms with Crippen LogP contribution in [0.2, 0.25) is 0 Å². The van der Waals surface area contributed by atoms with Gasteiger partial charge in [-0.25, -0.2) is 0 Å². The summed E-state index contributed by atoms with van der Waals surface area (Å²) in [5.74, 6) is 1.45. The molecule has 1 aromatic heterocycles. The summed E-state index contributed by atoms with van der Waals surface area (Å²) in [5, 5.41) is 3.24. The third-order valence-electron chi connectivity index (χ3n) is 2.00. The average Bonchev–Trinajstić information content (AvgIpc) is 2.60. The summed E-state index contributed by atoms with van der Waals surface area (Å²) in [5.41, 5.74) is 1.15. The molecule has 1 aromatic carbocycles. The van der Waals surface area contributed by atoms with Crippen molar-refractivity contribution in [1.82, 2.24) is 0 Å². The number of alkyl halides is 1. The molecule has 0 amide bonds. The number of halogens is 1. The van der Waals surface area contributed by atoms with Crippen molar-refractivity contribution < 1.29 is 4.74 Å². The molecule has 2 aromatic rings. The Morgan fingerprint density at radius 2 is 2.31 bits per heavy atom. The molecule has 0 atom stereocenters. The Balaban J connectivity index is 2.76. The van der Waals surface area contributed by atoms with E-state index < -0.39 is 0 Å². The SMILES string of the molecule is COc1cccc2scc(CCl)c12. The van der Waals surface area contributed by atoms with Gasteiger partial charge in [-0.05, 0) is 23.1 Å². The first kappa shape index (κ1) is 8.85. The van der Waals surface area contributed by atoms with E-state index in [1.165, 1.54) is 4.70 Å². The quantitative estimate of drug-likeness (QED) is 0.691. The second-order valence-electron chi connectivity index (χ2n) is 2.73. The Morgan fingerprint density at radius 3 is 3.00 bits per heavy atom. The lowest BCUT2D eigenvalue weighted by Crippen LogP contribution is -1.84. The van der Waals surface area contributed by atoms with Gasteiger partial charge in [-0.15, -0.1) is 22.9 Å². The first-order valence-corrected chi connectivity index (χ1v) is 5.37. The van der Waals surface area contributed by atoms with Gasteiger partial charge in [-0.2, -0.15) is 0 Å². The standard InChI is InChI=1S/C10H9ClOS/c1-12-8-3-2-4-9-10(8)7(5-11)6-13-9/h2-4,6H,5H2,1H3. The highest BCUT2D eigenvalue weighted by molar-refractivity contribution is 7.17. The maximum absolute atomic E-state index is 5.83. The molecule has 0 spiro atoms. The van der Waals surface area contributed by atoms with Crippen molar-refractivity contribution in [3.63, 3.8) is 0 Å². The van der Waals surface area contributed by atoms with E-state index in [0.717, 1.165) is 16.7 Å². The Bertz CT molecular complexity index is 422. The van der Waals surface area contributed by atoms with Gasteiger partial charge in [0.1, 0.15) is 5.75 Å². The van der Waals surface area contributed by atoms with Crippen LogP contribution in [0.3, 0.4) is 0 Å². The Hall–Kier alpha value is -0.730. The van der Waals surface area contributed by atoms with Gasteiger partial charge in [0.25, 0.3) is 0 Å². The van der Waals surface area contributed by atoms with Crippen LogP contribution in [0.1, 0.15) is 5.56 Å².